The Bertz CT molecular complexity index is 1200. The fraction of sp³-hybridized carbons (Fsp3) is 0.635. The molecule has 0 aliphatic rings. The average molecular weight is 805 g/mol. The number of hydrogen-bond donors (Lipinski definition) is 0. The molecule has 0 aromatic rings. The number of carbonyl (C=O) groups is 3. The van der Waals surface area contributed by atoms with Gasteiger partial charge in [0.05, 0.1) is 0 Å². The van der Waals surface area contributed by atoms with E-state index in [1.165, 1.54) is 32.1 Å². The minimum absolute atomic E-state index is 0.101. The second kappa shape index (κ2) is 46.0. The van der Waals surface area contributed by atoms with Crippen molar-refractivity contribution in [2.24, 2.45) is 0 Å². The van der Waals surface area contributed by atoms with Gasteiger partial charge < -0.3 is 14.2 Å². The first-order valence-corrected chi connectivity index (χ1v) is 23.3. The molecule has 6 heteroatoms. The second-order valence-electron chi connectivity index (χ2n) is 14.9. The monoisotopic (exact) mass is 805 g/mol. The van der Waals surface area contributed by atoms with Gasteiger partial charge >= 0.3 is 17.9 Å². The molecule has 0 fully saturated rings. The van der Waals surface area contributed by atoms with Crippen LogP contribution in [0.5, 0.6) is 0 Å². The number of unbranched alkanes of at least 4 members (excludes halogenated alkanes) is 15. The first kappa shape index (κ1) is 54.3. The summed E-state index contributed by atoms with van der Waals surface area (Å²) in [5, 5.41) is 0. The largest absolute Gasteiger partial charge is 0.462 e. The van der Waals surface area contributed by atoms with E-state index in [0.29, 0.717) is 19.3 Å². The Labute approximate surface area is 356 Å². The molecule has 328 valence electrons. The number of allylic oxidation sites excluding steroid dienone is 16. The van der Waals surface area contributed by atoms with Crippen molar-refractivity contribution >= 4 is 17.9 Å². The molecule has 0 heterocycles. The van der Waals surface area contributed by atoms with Gasteiger partial charge in [-0.2, -0.15) is 0 Å². The van der Waals surface area contributed by atoms with Crippen LogP contribution in [0.2, 0.25) is 0 Å². The predicted molar refractivity (Wildman–Crippen MR) is 247 cm³/mol. The lowest BCUT2D eigenvalue weighted by molar-refractivity contribution is -0.167. The van der Waals surface area contributed by atoms with E-state index >= 15 is 0 Å². The molecule has 0 rings (SSSR count). The van der Waals surface area contributed by atoms with Gasteiger partial charge in [0.2, 0.25) is 0 Å². The third-order valence-corrected chi connectivity index (χ3v) is 9.38. The highest BCUT2D eigenvalue weighted by atomic mass is 16.6. The molecule has 0 N–H and O–H groups in total. The minimum atomic E-state index is -0.801. The number of esters is 3. The summed E-state index contributed by atoms with van der Waals surface area (Å²) >= 11 is 0. The van der Waals surface area contributed by atoms with Gasteiger partial charge in [0.25, 0.3) is 0 Å². The fourth-order valence-corrected chi connectivity index (χ4v) is 5.96. The lowest BCUT2D eigenvalue weighted by atomic mass is 10.1. The Morgan fingerprint density at radius 3 is 1.19 bits per heavy atom. The smallest absolute Gasteiger partial charge is 0.306 e. The summed E-state index contributed by atoms with van der Waals surface area (Å²) in [5.41, 5.74) is 0. The lowest BCUT2D eigenvalue weighted by Crippen LogP contribution is -2.30. The van der Waals surface area contributed by atoms with Crippen LogP contribution in [0.15, 0.2) is 97.2 Å². The van der Waals surface area contributed by atoms with Crippen LogP contribution in [-0.2, 0) is 28.6 Å². The zero-order valence-corrected chi connectivity index (χ0v) is 37.3. The topological polar surface area (TPSA) is 78.9 Å². The van der Waals surface area contributed by atoms with Gasteiger partial charge in [-0.05, 0) is 96.3 Å². The number of rotatable bonds is 40. The molecule has 0 aliphatic heterocycles. The second-order valence-corrected chi connectivity index (χ2v) is 14.9. The van der Waals surface area contributed by atoms with E-state index in [9.17, 15) is 14.4 Å². The van der Waals surface area contributed by atoms with Crippen LogP contribution < -0.4 is 0 Å². The van der Waals surface area contributed by atoms with Crippen molar-refractivity contribution in [3.05, 3.63) is 97.2 Å². The molecule has 0 spiro atoms. The predicted octanol–water partition coefficient (Wildman–Crippen LogP) is 15.0. The Morgan fingerprint density at radius 1 is 0.362 bits per heavy atom. The van der Waals surface area contributed by atoms with Crippen molar-refractivity contribution in [1.82, 2.24) is 0 Å². The maximum Gasteiger partial charge on any atom is 0.306 e. The Balaban J connectivity index is 4.42. The summed E-state index contributed by atoms with van der Waals surface area (Å²) in [6.07, 6.45) is 59.7. The van der Waals surface area contributed by atoms with Crippen molar-refractivity contribution in [1.29, 1.82) is 0 Å². The molecule has 0 saturated carbocycles. The molecule has 6 nitrogen and oxygen atoms in total. The van der Waals surface area contributed by atoms with Gasteiger partial charge in [-0.25, -0.2) is 0 Å². The fourth-order valence-electron chi connectivity index (χ4n) is 5.96. The van der Waals surface area contributed by atoms with E-state index < -0.39 is 6.10 Å². The zero-order valence-electron chi connectivity index (χ0n) is 37.3. The number of carbonyl (C=O) groups excluding carboxylic acids is 3. The molecule has 1 unspecified atom stereocenters. The van der Waals surface area contributed by atoms with Crippen LogP contribution in [0.3, 0.4) is 0 Å². The van der Waals surface area contributed by atoms with E-state index in [4.69, 9.17) is 14.2 Å². The van der Waals surface area contributed by atoms with Gasteiger partial charge in [0.15, 0.2) is 6.10 Å². The van der Waals surface area contributed by atoms with Crippen molar-refractivity contribution < 1.29 is 28.6 Å². The van der Waals surface area contributed by atoms with Crippen LogP contribution in [-0.4, -0.2) is 37.2 Å². The number of ether oxygens (including phenoxy) is 3. The first-order valence-electron chi connectivity index (χ1n) is 23.3. The summed E-state index contributed by atoms with van der Waals surface area (Å²) in [5.74, 6) is -0.973. The standard InChI is InChI=1S/C52H84O6/c1-4-7-10-13-16-19-21-23-25-27-28-30-33-36-39-42-45-51(54)57-48-49(47-56-50(53)44-41-38-35-32-18-15-12-9-6-3)58-52(55)46-43-40-37-34-31-29-26-24-22-20-17-14-11-8-5-2/h7-12,14,16-20,22-23,25,32,49H,4-6,13,15,21,24,26-31,33-48H2,1-3H3/b10-7-,11-8-,12-9-,17-14-,19-16-,22-20-,25-23-,32-18-. The van der Waals surface area contributed by atoms with Gasteiger partial charge in [0.1, 0.15) is 13.2 Å². The van der Waals surface area contributed by atoms with Gasteiger partial charge in [0, 0.05) is 19.3 Å². The van der Waals surface area contributed by atoms with E-state index in [1.807, 2.05) is 0 Å². The van der Waals surface area contributed by atoms with E-state index in [1.54, 1.807) is 0 Å². The Hall–Kier alpha value is -3.67. The molecule has 0 aromatic heterocycles. The van der Waals surface area contributed by atoms with E-state index in [-0.39, 0.29) is 31.1 Å². The molecule has 0 aromatic carbocycles. The highest BCUT2D eigenvalue weighted by molar-refractivity contribution is 5.71. The first-order chi connectivity index (χ1) is 28.5. The van der Waals surface area contributed by atoms with Crippen molar-refractivity contribution in [2.45, 2.75) is 200 Å². The third kappa shape index (κ3) is 43.5. The maximum absolute atomic E-state index is 12.7. The van der Waals surface area contributed by atoms with Crippen molar-refractivity contribution in [2.75, 3.05) is 13.2 Å². The van der Waals surface area contributed by atoms with Crippen LogP contribution in [0, 0.1) is 0 Å². The molecule has 0 saturated heterocycles. The van der Waals surface area contributed by atoms with E-state index in [0.717, 1.165) is 122 Å². The molecule has 0 aliphatic carbocycles. The van der Waals surface area contributed by atoms with Gasteiger partial charge in [-0.1, -0.05) is 176 Å². The van der Waals surface area contributed by atoms with E-state index in [2.05, 4.69) is 118 Å². The molecular formula is C52H84O6. The van der Waals surface area contributed by atoms with Crippen molar-refractivity contribution in [3.8, 4) is 0 Å². The Kier molecular flexibility index (Phi) is 43.1. The average Bonchev–Trinajstić information content (AvgIpc) is 3.22. The molecule has 58 heavy (non-hydrogen) atoms. The lowest BCUT2D eigenvalue weighted by Gasteiger charge is -2.18. The molecule has 0 amide bonds. The zero-order chi connectivity index (χ0) is 42.3. The quantitative estimate of drug-likeness (QED) is 0.0202. The molecular weight excluding hydrogens is 721 g/mol. The van der Waals surface area contributed by atoms with Crippen LogP contribution >= 0.6 is 0 Å². The molecule has 0 radical (unpaired) electrons. The van der Waals surface area contributed by atoms with Crippen molar-refractivity contribution in [3.63, 3.8) is 0 Å². The normalized spacial score (nSPS) is 12.9. The summed E-state index contributed by atoms with van der Waals surface area (Å²) in [6, 6.07) is 0. The number of hydrogen-bond acceptors (Lipinski definition) is 6. The SMILES string of the molecule is CC\C=C/C=C\C=C/CCCCCCCCCC(=O)OC(COC(=O)CCCC/C=C\C/C=C\CC)COC(=O)CCCCCCCC/C=C\C/C=C\C/C=C\CC. The highest BCUT2D eigenvalue weighted by Gasteiger charge is 2.19. The summed E-state index contributed by atoms with van der Waals surface area (Å²) in [4.78, 5) is 37.7. The van der Waals surface area contributed by atoms with Crippen LogP contribution in [0.25, 0.3) is 0 Å². The third-order valence-electron chi connectivity index (χ3n) is 9.38. The van der Waals surface area contributed by atoms with Crippen LogP contribution in [0.4, 0.5) is 0 Å². The Morgan fingerprint density at radius 2 is 0.707 bits per heavy atom. The summed E-state index contributed by atoms with van der Waals surface area (Å²) < 4.78 is 16.7. The highest BCUT2D eigenvalue weighted by Crippen LogP contribution is 2.13. The van der Waals surface area contributed by atoms with Gasteiger partial charge in [-0.15, -0.1) is 0 Å². The summed E-state index contributed by atoms with van der Waals surface area (Å²) in [7, 11) is 0. The maximum atomic E-state index is 12.7. The van der Waals surface area contributed by atoms with Gasteiger partial charge in [-0.3, -0.25) is 14.4 Å². The minimum Gasteiger partial charge on any atom is -0.462 e. The molecule has 0 bridgehead atoms. The molecule has 1 atom stereocenters. The summed E-state index contributed by atoms with van der Waals surface area (Å²) in [6.45, 7) is 6.20. The van der Waals surface area contributed by atoms with Crippen LogP contribution in [0.1, 0.15) is 194 Å².